The Balaban J connectivity index is 2.05. The summed E-state index contributed by atoms with van der Waals surface area (Å²) in [5.41, 5.74) is 6.44. The van der Waals surface area contributed by atoms with Gasteiger partial charge in [-0.15, -0.1) is 10.1 Å². The predicted molar refractivity (Wildman–Crippen MR) is 65.8 cm³/mol. The Morgan fingerprint density at radius 2 is 2.11 bits per heavy atom. The van der Waals surface area contributed by atoms with Crippen LogP contribution in [0.4, 0.5) is 0 Å². The van der Waals surface area contributed by atoms with E-state index in [1.165, 1.54) is 0 Å². The average molecular weight is 265 g/mol. The van der Waals surface area contributed by atoms with Crippen molar-refractivity contribution in [2.45, 2.75) is 37.7 Å². The van der Waals surface area contributed by atoms with Gasteiger partial charge in [0, 0.05) is 12.1 Å². The number of rotatable bonds is 4. The van der Waals surface area contributed by atoms with Crippen LogP contribution in [-0.4, -0.2) is 22.1 Å². The van der Waals surface area contributed by atoms with Crippen LogP contribution in [-0.2, 0) is 4.84 Å². The highest BCUT2D eigenvalue weighted by atomic mass is 17.0. The van der Waals surface area contributed by atoms with E-state index < -0.39 is 11.0 Å². The number of nitrogens with zero attached hydrogens (tertiary/aromatic N) is 2. The van der Waals surface area contributed by atoms with E-state index in [0.29, 0.717) is 36.9 Å². The molecule has 0 unspecified atom stereocenters. The van der Waals surface area contributed by atoms with Crippen molar-refractivity contribution in [1.82, 2.24) is 4.98 Å². The standard InChI is InChI=1S/C12H15N3O4/c13-12(16)10-2-1-7-14-11(10)8-3-5-9(6-4-8)19-15(17)18/h1-2,7-9H,3-6H2,(H2,13,16). The summed E-state index contributed by atoms with van der Waals surface area (Å²) >= 11 is 0. The van der Waals surface area contributed by atoms with Gasteiger partial charge in [-0.3, -0.25) is 9.78 Å². The quantitative estimate of drug-likeness (QED) is 0.654. The monoisotopic (exact) mass is 265 g/mol. The van der Waals surface area contributed by atoms with Gasteiger partial charge in [0.15, 0.2) is 0 Å². The molecule has 1 fully saturated rings. The van der Waals surface area contributed by atoms with Gasteiger partial charge in [0.1, 0.15) is 6.10 Å². The van der Waals surface area contributed by atoms with Gasteiger partial charge in [0.25, 0.3) is 11.0 Å². The summed E-state index contributed by atoms with van der Waals surface area (Å²) in [5.74, 6) is -0.387. The van der Waals surface area contributed by atoms with Crippen LogP contribution in [0, 0.1) is 10.1 Å². The number of pyridine rings is 1. The molecule has 1 aromatic rings. The number of carbonyl (C=O) groups excluding carboxylic acids is 1. The van der Waals surface area contributed by atoms with Gasteiger partial charge in [-0.1, -0.05) is 0 Å². The van der Waals surface area contributed by atoms with E-state index >= 15 is 0 Å². The molecule has 102 valence electrons. The molecule has 2 N–H and O–H groups in total. The molecule has 0 atom stereocenters. The number of hydrogen-bond donors (Lipinski definition) is 1. The lowest BCUT2D eigenvalue weighted by Gasteiger charge is -2.27. The number of primary amides is 1. The highest BCUT2D eigenvalue weighted by Gasteiger charge is 2.27. The Morgan fingerprint density at radius 3 is 2.68 bits per heavy atom. The molecule has 7 nitrogen and oxygen atoms in total. The molecule has 0 spiro atoms. The van der Waals surface area contributed by atoms with Gasteiger partial charge in [-0.2, -0.15) is 0 Å². The minimum atomic E-state index is -0.749. The van der Waals surface area contributed by atoms with Crippen LogP contribution < -0.4 is 5.73 Å². The normalized spacial score (nSPS) is 22.7. The summed E-state index contributed by atoms with van der Waals surface area (Å²) < 4.78 is 0. The second kappa shape index (κ2) is 5.64. The first kappa shape index (κ1) is 13.3. The lowest BCUT2D eigenvalue weighted by molar-refractivity contribution is -0.769. The zero-order valence-electron chi connectivity index (χ0n) is 10.3. The van der Waals surface area contributed by atoms with Crippen molar-refractivity contribution in [2.75, 3.05) is 0 Å². The fourth-order valence-corrected chi connectivity index (χ4v) is 2.51. The third kappa shape index (κ3) is 3.18. The largest absolute Gasteiger partial charge is 0.366 e. The minimum Gasteiger partial charge on any atom is -0.366 e. The molecule has 1 amide bonds. The van der Waals surface area contributed by atoms with Crippen LogP contribution >= 0.6 is 0 Å². The maximum atomic E-state index is 11.3. The van der Waals surface area contributed by atoms with E-state index in [1.807, 2.05) is 0 Å². The fraction of sp³-hybridized carbons (Fsp3) is 0.500. The van der Waals surface area contributed by atoms with E-state index in [1.54, 1.807) is 18.3 Å². The van der Waals surface area contributed by atoms with Gasteiger partial charge in [-0.25, -0.2) is 0 Å². The van der Waals surface area contributed by atoms with E-state index in [0.717, 1.165) is 0 Å². The number of carbonyl (C=O) groups is 1. The highest BCUT2D eigenvalue weighted by Crippen LogP contribution is 2.34. The summed E-state index contributed by atoms with van der Waals surface area (Å²) in [6.07, 6.45) is 3.85. The summed E-state index contributed by atoms with van der Waals surface area (Å²) in [4.78, 5) is 30.4. The Morgan fingerprint density at radius 1 is 1.42 bits per heavy atom. The Bertz CT molecular complexity index is 484. The van der Waals surface area contributed by atoms with Gasteiger partial charge in [0.2, 0.25) is 0 Å². The van der Waals surface area contributed by atoms with E-state index in [4.69, 9.17) is 5.73 Å². The van der Waals surface area contributed by atoms with Crippen LogP contribution in [0.3, 0.4) is 0 Å². The van der Waals surface area contributed by atoms with Crippen LogP contribution in [0.25, 0.3) is 0 Å². The SMILES string of the molecule is NC(=O)c1cccnc1C1CCC(O[N+](=O)[O-])CC1. The zero-order valence-corrected chi connectivity index (χ0v) is 10.3. The molecule has 0 aromatic carbocycles. The predicted octanol–water partition coefficient (Wildman–Crippen LogP) is 1.42. The summed E-state index contributed by atoms with van der Waals surface area (Å²) in [6, 6.07) is 3.33. The molecular weight excluding hydrogens is 250 g/mol. The molecule has 1 heterocycles. The second-order valence-electron chi connectivity index (χ2n) is 4.60. The molecule has 1 aliphatic rings. The maximum absolute atomic E-state index is 11.3. The zero-order chi connectivity index (χ0) is 13.8. The first-order chi connectivity index (χ1) is 9.08. The van der Waals surface area contributed by atoms with Crippen molar-refractivity contribution in [3.05, 3.63) is 39.7 Å². The third-order valence-electron chi connectivity index (χ3n) is 3.40. The molecule has 1 aliphatic carbocycles. The van der Waals surface area contributed by atoms with Crippen molar-refractivity contribution in [3.63, 3.8) is 0 Å². The van der Waals surface area contributed by atoms with Crippen LogP contribution in [0.15, 0.2) is 18.3 Å². The van der Waals surface area contributed by atoms with E-state index in [-0.39, 0.29) is 12.0 Å². The minimum absolute atomic E-state index is 0.107. The topological polar surface area (TPSA) is 108 Å². The molecule has 0 saturated heterocycles. The fourth-order valence-electron chi connectivity index (χ4n) is 2.51. The Kier molecular flexibility index (Phi) is 3.94. The first-order valence-electron chi connectivity index (χ1n) is 6.14. The summed E-state index contributed by atoms with van der Waals surface area (Å²) in [7, 11) is 0. The van der Waals surface area contributed by atoms with Crippen molar-refractivity contribution in [2.24, 2.45) is 5.73 Å². The molecule has 0 aliphatic heterocycles. The Labute approximate surface area is 109 Å². The van der Waals surface area contributed by atoms with Crippen molar-refractivity contribution in [1.29, 1.82) is 0 Å². The molecule has 1 saturated carbocycles. The number of aromatic nitrogens is 1. The smallest absolute Gasteiger partial charge is 0.294 e. The highest BCUT2D eigenvalue weighted by molar-refractivity contribution is 5.94. The molecule has 2 rings (SSSR count). The van der Waals surface area contributed by atoms with Gasteiger partial charge in [0.05, 0.1) is 11.3 Å². The third-order valence-corrected chi connectivity index (χ3v) is 3.40. The van der Waals surface area contributed by atoms with Crippen LogP contribution in [0.2, 0.25) is 0 Å². The molecule has 7 heteroatoms. The second-order valence-corrected chi connectivity index (χ2v) is 4.60. The van der Waals surface area contributed by atoms with Crippen LogP contribution in [0.1, 0.15) is 47.7 Å². The van der Waals surface area contributed by atoms with Crippen molar-refractivity contribution >= 4 is 5.91 Å². The lowest BCUT2D eigenvalue weighted by atomic mass is 9.83. The molecule has 0 bridgehead atoms. The molecule has 0 radical (unpaired) electrons. The van der Waals surface area contributed by atoms with Gasteiger partial charge >= 0.3 is 0 Å². The molecule has 1 aromatic heterocycles. The maximum Gasteiger partial charge on any atom is 0.294 e. The summed E-state index contributed by atoms with van der Waals surface area (Å²) in [6.45, 7) is 0. The average Bonchev–Trinajstić information content (AvgIpc) is 2.39. The number of hydrogen-bond acceptors (Lipinski definition) is 5. The van der Waals surface area contributed by atoms with E-state index in [2.05, 4.69) is 9.82 Å². The van der Waals surface area contributed by atoms with Crippen molar-refractivity contribution < 1.29 is 14.7 Å². The summed E-state index contributed by atoms with van der Waals surface area (Å²) in [5, 5.41) is 9.52. The molecule has 19 heavy (non-hydrogen) atoms. The Hall–Kier alpha value is -2.18. The lowest BCUT2D eigenvalue weighted by Crippen LogP contribution is -2.25. The number of nitrogens with two attached hydrogens (primary N) is 1. The van der Waals surface area contributed by atoms with Crippen molar-refractivity contribution in [3.8, 4) is 0 Å². The van der Waals surface area contributed by atoms with E-state index in [9.17, 15) is 14.9 Å². The first-order valence-corrected chi connectivity index (χ1v) is 6.14. The number of amides is 1. The van der Waals surface area contributed by atoms with Gasteiger partial charge in [-0.05, 0) is 37.8 Å². The molecular formula is C12H15N3O4. The van der Waals surface area contributed by atoms with Gasteiger partial charge < -0.3 is 10.6 Å². The van der Waals surface area contributed by atoms with Crippen LogP contribution in [0.5, 0.6) is 0 Å².